The van der Waals surface area contributed by atoms with Gasteiger partial charge >= 0.3 is 0 Å². The number of ether oxygens (including phenoxy) is 2. The van der Waals surface area contributed by atoms with Crippen LogP contribution < -0.4 is 20.2 Å². The summed E-state index contributed by atoms with van der Waals surface area (Å²) >= 11 is 0. The number of nitrogens with zero attached hydrogens (tertiary/aromatic N) is 2. The third-order valence-electron chi connectivity index (χ3n) is 8.35. The van der Waals surface area contributed by atoms with Crippen molar-refractivity contribution < 1.29 is 31.4 Å². The van der Waals surface area contributed by atoms with E-state index in [1.165, 1.54) is 29.7 Å². The molecule has 1 spiro atoms. The van der Waals surface area contributed by atoms with E-state index in [9.17, 15) is 26.7 Å². The molecule has 44 heavy (non-hydrogen) atoms. The fourth-order valence-corrected chi connectivity index (χ4v) is 8.24. The van der Waals surface area contributed by atoms with Crippen molar-refractivity contribution in [3.05, 3.63) is 65.0 Å². The van der Waals surface area contributed by atoms with E-state index in [2.05, 4.69) is 10.0 Å². The molecule has 0 saturated carbocycles. The highest BCUT2D eigenvalue weighted by Crippen LogP contribution is 2.37. The molecule has 0 aliphatic carbocycles. The number of fused-ring (bicyclic) bond motifs is 1. The van der Waals surface area contributed by atoms with Gasteiger partial charge in [-0.1, -0.05) is 25.1 Å². The van der Waals surface area contributed by atoms with E-state index in [4.69, 9.17) is 9.47 Å². The van der Waals surface area contributed by atoms with Crippen molar-refractivity contribution in [2.24, 2.45) is 0 Å². The van der Waals surface area contributed by atoms with Crippen LogP contribution in [-0.2, 0) is 31.3 Å². The zero-order chi connectivity index (χ0) is 31.5. The van der Waals surface area contributed by atoms with E-state index in [1.54, 1.807) is 24.3 Å². The highest BCUT2D eigenvalue weighted by molar-refractivity contribution is 7.89. The Bertz CT molecular complexity index is 1750. The summed E-state index contributed by atoms with van der Waals surface area (Å²) in [7, 11) is -6.28. The number of aliphatic hydroxyl groups is 1. The second kappa shape index (κ2) is 13.3. The molecule has 2 saturated heterocycles. The number of benzene rings is 2. The summed E-state index contributed by atoms with van der Waals surface area (Å²) < 4.78 is 68.7. The molecule has 5 rings (SSSR count). The summed E-state index contributed by atoms with van der Waals surface area (Å²) in [6, 6.07) is 13.1. The number of pyridine rings is 1. The number of piperidine rings is 1. The lowest BCUT2D eigenvalue weighted by Gasteiger charge is -2.38. The van der Waals surface area contributed by atoms with E-state index in [-0.39, 0.29) is 42.1 Å². The average molecular weight is 649 g/mol. The molecule has 2 fully saturated rings. The molecule has 3 N–H and O–H groups in total. The Morgan fingerprint density at radius 2 is 1.86 bits per heavy atom. The molecule has 0 radical (unpaired) electrons. The van der Waals surface area contributed by atoms with Crippen molar-refractivity contribution in [1.29, 1.82) is 0 Å². The van der Waals surface area contributed by atoms with E-state index in [0.29, 0.717) is 43.5 Å². The second-order valence-corrected chi connectivity index (χ2v) is 15.2. The molecular weight excluding hydrogens is 608 g/mol. The van der Waals surface area contributed by atoms with Crippen molar-refractivity contribution in [3.8, 4) is 5.75 Å². The zero-order valence-electron chi connectivity index (χ0n) is 24.9. The summed E-state index contributed by atoms with van der Waals surface area (Å²) in [5.41, 5.74) is -0.233. The Morgan fingerprint density at radius 3 is 2.59 bits per heavy atom. The van der Waals surface area contributed by atoms with E-state index in [0.717, 1.165) is 11.9 Å². The predicted octanol–water partition coefficient (Wildman–Crippen LogP) is 1.66. The van der Waals surface area contributed by atoms with Crippen LogP contribution >= 0.6 is 0 Å². The van der Waals surface area contributed by atoms with Crippen LogP contribution in [0.5, 0.6) is 5.75 Å². The van der Waals surface area contributed by atoms with Crippen LogP contribution in [0.2, 0.25) is 0 Å². The van der Waals surface area contributed by atoms with Crippen LogP contribution in [0.15, 0.2) is 69.3 Å². The molecule has 2 aliphatic heterocycles. The van der Waals surface area contributed by atoms with E-state index in [1.807, 2.05) is 23.6 Å². The lowest BCUT2D eigenvalue weighted by molar-refractivity contribution is -0.0312. The van der Waals surface area contributed by atoms with E-state index < -0.39 is 37.2 Å². The fourth-order valence-electron chi connectivity index (χ4n) is 5.93. The molecule has 14 heteroatoms. The van der Waals surface area contributed by atoms with Gasteiger partial charge in [-0.25, -0.2) is 21.6 Å². The topological polar surface area (TPSA) is 156 Å². The first-order valence-electron chi connectivity index (χ1n) is 14.8. The molecule has 2 aromatic carbocycles. The number of hydrogen-bond donors (Lipinski definition) is 3. The number of aliphatic hydroxyl groups excluding tert-OH is 1. The van der Waals surface area contributed by atoms with Crippen molar-refractivity contribution in [3.63, 3.8) is 0 Å². The van der Waals surface area contributed by atoms with Crippen LogP contribution in [0.3, 0.4) is 0 Å². The zero-order valence-corrected chi connectivity index (χ0v) is 26.6. The lowest BCUT2D eigenvalue weighted by atomic mass is 9.88. The molecule has 0 amide bonds. The molecule has 2 aliphatic rings. The first-order chi connectivity index (χ1) is 21.0. The Hall–Kier alpha value is -2.85. The van der Waals surface area contributed by atoms with Crippen molar-refractivity contribution in [2.75, 3.05) is 39.9 Å². The Balaban J connectivity index is 1.15. The molecule has 2 atom stereocenters. The fraction of sp³-hybridized carbons (Fsp3) is 0.500. The standard InChI is InChI=1S/C30H40N4O8S2/c1-3-13-33-19-28(29(36)26-9-4-5-10-27(26)33)44(39,40)34-14-11-30(12-15-34)17-22(20-42-30)32-18-23(35)21-41-24-7-6-8-25(16-24)43(37,38)31-2/h4-10,16,19,22-23,31-32,35H,3,11-15,17-18,20-21H2,1-2H3. The predicted molar refractivity (Wildman–Crippen MR) is 166 cm³/mol. The highest BCUT2D eigenvalue weighted by atomic mass is 32.2. The van der Waals surface area contributed by atoms with Gasteiger partial charge in [0.2, 0.25) is 25.5 Å². The summed E-state index contributed by atoms with van der Waals surface area (Å²) in [6.45, 7) is 3.73. The molecule has 3 heterocycles. The van der Waals surface area contributed by atoms with Gasteiger partial charge in [0.1, 0.15) is 23.4 Å². The Morgan fingerprint density at radius 1 is 1.11 bits per heavy atom. The molecule has 3 aromatic rings. The Kier molecular flexibility index (Phi) is 9.80. The van der Waals surface area contributed by atoms with Crippen LogP contribution in [-0.4, -0.2) is 88.5 Å². The maximum atomic E-state index is 13.7. The number of sulfonamides is 2. The number of aryl methyl sites for hydroxylation is 1. The minimum absolute atomic E-state index is 0.0290. The monoisotopic (exact) mass is 648 g/mol. The first-order valence-corrected chi connectivity index (χ1v) is 17.7. The number of para-hydroxylation sites is 1. The van der Waals surface area contributed by atoms with Gasteiger partial charge in [0.25, 0.3) is 0 Å². The largest absolute Gasteiger partial charge is 0.491 e. The Labute approximate surface area is 258 Å². The number of nitrogens with one attached hydrogen (secondary N) is 2. The van der Waals surface area contributed by atoms with E-state index >= 15 is 0 Å². The van der Waals surface area contributed by atoms with Crippen molar-refractivity contribution in [1.82, 2.24) is 18.9 Å². The normalized spacial score (nSPS) is 19.8. The summed E-state index contributed by atoms with van der Waals surface area (Å²) in [6.07, 6.45) is 3.10. The second-order valence-electron chi connectivity index (χ2n) is 11.4. The lowest BCUT2D eigenvalue weighted by Crippen LogP contribution is -2.47. The molecule has 0 bridgehead atoms. The summed E-state index contributed by atoms with van der Waals surface area (Å²) in [5, 5.41) is 14.2. The third kappa shape index (κ3) is 6.86. The quantitative estimate of drug-likeness (QED) is 0.266. The van der Waals surface area contributed by atoms with Gasteiger partial charge < -0.3 is 24.5 Å². The van der Waals surface area contributed by atoms with Gasteiger partial charge in [0, 0.05) is 49.9 Å². The smallest absolute Gasteiger partial charge is 0.248 e. The third-order valence-corrected chi connectivity index (χ3v) is 11.7. The van der Waals surface area contributed by atoms with Gasteiger partial charge in [-0.2, -0.15) is 4.31 Å². The van der Waals surface area contributed by atoms with Gasteiger partial charge in [0.05, 0.1) is 22.6 Å². The van der Waals surface area contributed by atoms with Gasteiger partial charge in [-0.3, -0.25) is 4.79 Å². The average Bonchev–Trinajstić information content (AvgIpc) is 3.42. The maximum absolute atomic E-state index is 13.7. The molecule has 2 unspecified atom stereocenters. The van der Waals surface area contributed by atoms with Gasteiger partial charge in [0.15, 0.2) is 0 Å². The van der Waals surface area contributed by atoms with Crippen LogP contribution in [0, 0.1) is 0 Å². The number of rotatable bonds is 12. The number of hydrogen-bond acceptors (Lipinski definition) is 9. The maximum Gasteiger partial charge on any atom is 0.248 e. The van der Waals surface area contributed by atoms with Gasteiger partial charge in [-0.15, -0.1) is 0 Å². The van der Waals surface area contributed by atoms with Crippen molar-refractivity contribution >= 4 is 30.9 Å². The SMILES string of the molecule is CCCn1cc(S(=O)(=O)N2CCC3(CC2)CC(NCC(O)COc2cccc(S(=O)(=O)NC)c2)CO3)c(=O)c2ccccc21. The first kappa shape index (κ1) is 32.5. The highest BCUT2D eigenvalue weighted by Gasteiger charge is 2.45. The number of aromatic nitrogens is 1. The molecule has 12 nitrogen and oxygen atoms in total. The minimum atomic E-state index is -4.00. The van der Waals surface area contributed by atoms with Crippen LogP contribution in [0.4, 0.5) is 0 Å². The molecule has 1 aromatic heterocycles. The van der Waals surface area contributed by atoms with Crippen LogP contribution in [0.25, 0.3) is 10.9 Å². The summed E-state index contributed by atoms with van der Waals surface area (Å²) in [4.78, 5) is 13.2. The molecular formula is C30H40N4O8S2. The minimum Gasteiger partial charge on any atom is -0.491 e. The van der Waals surface area contributed by atoms with Gasteiger partial charge in [-0.05, 0) is 57.0 Å². The molecule has 240 valence electrons. The van der Waals surface area contributed by atoms with Crippen LogP contribution in [0.1, 0.15) is 32.6 Å². The van der Waals surface area contributed by atoms with Crippen molar-refractivity contribution in [2.45, 2.75) is 66.7 Å². The summed E-state index contributed by atoms with van der Waals surface area (Å²) in [5.74, 6) is 0.332.